The summed E-state index contributed by atoms with van der Waals surface area (Å²) in [6.45, 7) is 1.81. The number of hydrogen-bond acceptors (Lipinski definition) is 3. The average molecular weight is 381 g/mol. The first kappa shape index (κ1) is 17.2. The minimum atomic E-state index is -0.466. The molecule has 0 aliphatic heterocycles. The van der Waals surface area contributed by atoms with Crippen molar-refractivity contribution in [3.8, 4) is 5.69 Å². The van der Waals surface area contributed by atoms with E-state index >= 15 is 0 Å². The molecule has 0 saturated carbocycles. The van der Waals surface area contributed by atoms with E-state index in [-0.39, 0.29) is 10.6 Å². The number of carbonyl (C=O) groups is 1. The second-order valence-electron chi connectivity index (χ2n) is 5.98. The smallest absolute Gasteiger partial charge is 0.258 e. The van der Waals surface area contributed by atoms with Gasteiger partial charge in [-0.05, 0) is 37.3 Å². The highest BCUT2D eigenvalue weighted by molar-refractivity contribution is 6.39. The number of pyridine rings is 1. The Morgan fingerprint density at radius 1 is 1.15 bits per heavy atom. The molecule has 4 rings (SSSR count). The van der Waals surface area contributed by atoms with Gasteiger partial charge in [0.15, 0.2) is 5.65 Å². The van der Waals surface area contributed by atoms with E-state index in [0.29, 0.717) is 22.4 Å². The summed E-state index contributed by atoms with van der Waals surface area (Å²) in [5.41, 5.74) is 2.60. The van der Waals surface area contributed by atoms with Gasteiger partial charge in [0.05, 0.1) is 27.4 Å². The highest BCUT2D eigenvalue weighted by Crippen LogP contribution is 2.30. The van der Waals surface area contributed by atoms with Crippen LogP contribution < -0.4 is 5.32 Å². The second-order valence-corrected chi connectivity index (χ2v) is 6.36. The number of halogens is 2. The van der Waals surface area contributed by atoms with Crippen molar-refractivity contribution in [2.45, 2.75) is 6.92 Å². The van der Waals surface area contributed by atoms with Crippen LogP contribution in [0.5, 0.6) is 0 Å². The normalized spacial score (nSPS) is 10.9. The lowest BCUT2D eigenvalue weighted by molar-refractivity contribution is 0.102. The molecule has 7 heteroatoms. The van der Waals surface area contributed by atoms with Crippen LogP contribution in [0.15, 0.2) is 60.8 Å². The van der Waals surface area contributed by atoms with Gasteiger partial charge in [-0.1, -0.05) is 35.9 Å². The SMILES string of the molecule is Cc1nn(-c2ccccc2)c2ncc(C(=O)Nc3cccc(F)c3)c(Cl)c12. The first-order valence-corrected chi connectivity index (χ1v) is 8.58. The zero-order valence-electron chi connectivity index (χ0n) is 14.3. The molecule has 1 N–H and O–H groups in total. The molecule has 0 bridgehead atoms. The zero-order chi connectivity index (χ0) is 19.0. The van der Waals surface area contributed by atoms with Crippen LogP contribution in [0, 0.1) is 12.7 Å². The third-order valence-corrected chi connectivity index (χ3v) is 4.53. The monoisotopic (exact) mass is 380 g/mol. The van der Waals surface area contributed by atoms with Crippen molar-refractivity contribution in [1.82, 2.24) is 14.8 Å². The Morgan fingerprint density at radius 2 is 1.93 bits per heavy atom. The van der Waals surface area contributed by atoms with Gasteiger partial charge in [-0.2, -0.15) is 5.10 Å². The van der Waals surface area contributed by atoms with Crippen LogP contribution in [0.1, 0.15) is 16.1 Å². The topological polar surface area (TPSA) is 59.8 Å². The fourth-order valence-corrected chi connectivity index (χ4v) is 3.24. The molecule has 0 aliphatic carbocycles. The lowest BCUT2D eigenvalue weighted by atomic mass is 10.2. The van der Waals surface area contributed by atoms with Crippen LogP contribution in [0.3, 0.4) is 0 Å². The predicted octanol–water partition coefficient (Wildman–Crippen LogP) is 4.77. The molecule has 2 aromatic heterocycles. The predicted molar refractivity (Wildman–Crippen MR) is 103 cm³/mol. The Balaban J connectivity index is 1.77. The lowest BCUT2D eigenvalue weighted by Gasteiger charge is -2.08. The molecule has 0 saturated heterocycles. The van der Waals surface area contributed by atoms with Gasteiger partial charge in [-0.3, -0.25) is 4.79 Å². The van der Waals surface area contributed by atoms with Crippen molar-refractivity contribution in [3.05, 3.63) is 82.9 Å². The summed E-state index contributed by atoms with van der Waals surface area (Å²) in [7, 11) is 0. The Bertz CT molecular complexity index is 1160. The van der Waals surface area contributed by atoms with E-state index in [4.69, 9.17) is 11.6 Å². The summed E-state index contributed by atoms with van der Waals surface area (Å²) in [6, 6.07) is 15.2. The molecule has 5 nitrogen and oxygen atoms in total. The molecular formula is C20H14ClFN4O. The number of nitrogens with one attached hydrogen (secondary N) is 1. The van der Waals surface area contributed by atoms with Crippen molar-refractivity contribution >= 4 is 34.2 Å². The van der Waals surface area contributed by atoms with E-state index in [1.54, 1.807) is 10.7 Å². The van der Waals surface area contributed by atoms with Gasteiger partial charge in [0.1, 0.15) is 5.82 Å². The van der Waals surface area contributed by atoms with Crippen LogP contribution in [-0.4, -0.2) is 20.7 Å². The summed E-state index contributed by atoms with van der Waals surface area (Å²) < 4.78 is 15.0. The van der Waals surface area contributed by atoms with E-state index in [1.807, 2.05) is 37.3 Å². The number of para-hydroxylation sites is 1. The Labute approximate surface area is 159 Å². The largest absolute Gasteiger partial charge is 0.322 e. The number of carbonyl (C=O) groups excluding carboxylic acids is 1. The van der Waals surface area contributed by atoms with Gasteiger partial charge in [0.2, 0.25) is 0 Å². The zero-order valence-corrected chi connectivity index (χ0v) is 15.0. The molecule has 1 amide bonds. The number of aromatic nitrogens is 3. The number of aryl methyl sites for hydroxylation is 1. The molecule has 134 valence electrons. The fourth-order valence-electron chi connectivity index (χ4n) is 2.88. The van der Waals surface area contributed by atoms with E-state index in [9.17, 15) is 9.18 Å². The lowest BCUT2D eigenvalue weighted by Crippen LogP contribution is -2.13. The van der Waals surface area contributed by atoms with E-state index in [1.165, 1.54) is 24.4 Å². The van der Waals surface area contributed by atoms with Crippen molar-refractivity contribution in [3.63, 3.8) is 0 Å². The molecule has 4 aromatic rings. The molecule has 2 heterocycles. The van der Waals surface area contributed by atoms with Crippen molar-refractivity contribution in [2.24, 2.45) is 0 Å². The molecule has 0 aliphatic rings. The highest BCUT2D eigenvalue weighted by atomic mass is 35.5. The molecular weight excluding hydrogens is 367 g/mol. The molecule has 0 radical (unpaired) electrons. The van der Waals surface area contributed by atoms with Gasteiger partial charge >= 0.3 is 0 Å². The summed E-state index contributed by atoms with van der Waals surface area (Å²) >= 11 is 6.51. The van der Waals surface area contributed by atoms with Crippen LogP contribution in [0.25, 0.3) is 16.7 Å². The number of rotatable bonds is 3. The van der Waals surface area contributed by atoms with Crippen LogP contribution in [-0.2, 0) is 0 Å². The Morgan fingerprint density at radius 3 is 2.67 bits per heavy atom. The number of hydrogen-bond donors (Lipinski definition) is 1. The number of nitrogens with zero attached hydrogens (tertiary/aromatic N) is 3. The summed E-state index contributed by atoms with van der Waals surface area (Å²) in [5.74, 6) is -0.903. The highest BCUT2D eigenvalue weighted by Gasteiger charge is 2.20. The molecule has 2 aromatic carbocycles. The van der Waals surface area contributed by atoms with Gasteiger partial charge in [0.25, 0.3) is 5.91 Å². The molecule has 0 unspecified atom stereocenters. The van der Waals surface area contributed by atoms with Gasteiger partial charge in [-0.25, -0.2) is 14.1 Å². The number of amides is 1. The Kier molecular flexibility index (Phi) is 4.33. The van der Waals surface area contributed by atoms with Crippen LogP contribution in [0.2, 0.25) is 5.02 Å². The standard InChI is InChI=1S/C20H14ClFN4O/c1-12-17-18(21)16(20(27)24-14-7-5-6-13(22)10-14)11-23-19(17)26(25-12)15-8-3-2-4-9-15/h2-11H,1H3,(H,24,27). The first-order chi connectivity index (χ1) is 13.0. The third kappa shape index (κ3) is 3.15. The van der Waals surface area contributed by atoms with Crippen LogP contribution in [0.4, 0.5) is 10.1 Å². The van der Waals surface area contributed by atoms with E-state index < -0.39 is 11.7 Å². The minimum absolute atomic E-state index is 0.198. The van der Waals surface area contributed by atoms with E-state index in [2.05, 4.69) is 15.4 Å². The van der Waals surface area contributed by atoms with Crippen molar-refractivity contribution in [1.29, 1.82) is 0 Å². The molecule has 0 atom stereocenters. The Hall–Kier alpha value is -3.25. The number of benzene rings is 2. The van der Waals surface area contributed by atoms with Crippen molar-refractivity contribution in [2.75, 3.05) is 5.32 Å². The van der Waals surface area contributed by atoms with E-state index in [0.717, 1.165) is 5.69 Å². The summed E-state index contributed by atoms with van der Waals surface area (Å²) in [6.07, 6.45) is 1.40. The van der Waals surface area contributed by atoms with Gasteiger partial charge in [0, 0.05) is 11.9 Å². The number of fused-ring (bicyclic) bond motifs is 1. The third-order valence-electron chi connectivity index (χ3n) is 4.14. The first-order valence-electron chi connectivity index (χ1n) is 8.21. The number of anilines is 1. The minimum Gasteiger partial charge on any atom is -0.322 e. The maximum absolute atomic E-state index is 13.3. The molecule has 0 fully saturated rings. The second kappa shape index (κ2) is 6.81. The fraction of sp³-hybridized carbons (Fsp3) is 0.0500. The quantitative estimate of drug-likeness (QED) is 0.556. The maximum atomic E-state index is 13.3. The van der Waals surface area contributed by atoms with Gasteiger partial charge < -0.3 is 5.32 Å². The molecule has 27 heavy (non-hydrogen) atoms. The van der Waals surface area contributed by atoms with Crippen molar-refractivity contribution < 1.29 is 9.18 Å². The summed E-state index contributed by atoms with van der Waals surface area (Å²) in [5, 5.41) is 8.00. The average Bonchev–Trinajstić information content (AvgIpc) is 3.00. The maximum Gasteiger partial charge on any atom is 0.258 e. The summed E-state index contributed by atoms with van der Waals surface area (Å²) in [4.78, 5) is 17.0. The van der Waals surface area contributed by atoms with Crippen LogP contribution >= 0.6 is 11.6 Å². The van der Waals surface area contributed by atoms with Gasteiger partial charge in [-0.15, -0.1) is 0 Å². The molecule has 0 spiro atoms.